The van der Waals surface area contributed by atoms with Crippen molar-refractivity contribution in [2.75, 3.05) is 10.6 Å². The molecule has 3 rings (SSSR count). The van der Waals surface area contributed by atoms with Crippen LogP contribution in [0.3, 0.4) is 0 Å². The summed E-state index contributed by atoms with van der Waals surface area (Å²) in [7, 11) is 0. The highest BCUT2D eigenvalue weighted by molar-refractivity contribution is 6.03. The van der Waals surface area contributed by atoms with Gasteiger partial charge in [0.25, 0.3) is 5.91 Å². The number of nitrogens with zero attached hydrogens (tertiary/aromatic N) is 2. The zero-order valence-corrected chi connectivity index (χ0v) is 14.5. The van der Waals surface area contributed by atoms with E-state index in [9.17, 15) is 4.79 Å². The Bertz CT molecular complexity index is 907. The van der Waals surface area contributed by atoms with Gasteiger partial charge in [0.05, 0.1) is 0 Å². The first-order valence-corrected chi connectivity index (χ1v) is 8.07. The summed E-state index contributed by atoms with van der Waals surface area (Å²) < 4.78 is 0. The van der Waals surface area contributed by atoms with Gasteiger partial charge in [0, 0.05) is 17.1 Å². The molecule has 0 aliphatic carbocycles. The summed E-state index contributed by atoms with van der Waals surface area (Å²) in [4.78, 5) is 21.2. The van der Waals surface area contributed by atoms with Crippen LogP contribution in [0.4, 0.5) is 17.3 Å². The molecule has 1 heterocycles. The molecule has 0 aliphatic rings. The van der Waals surface area contributed by atoms with Crippen LogP contribution in [-0.4, -0.2) is 15.9 Å². The van der Waals surface area contributed by atoms with Gasteiger partial charge < -0.3 is 10.6 Å². The average Bonchev–Trinajstić information content (AvgIpc) is 2.58. The Morgan fingerprint density at radius 3 is 2.44 bits per heavy atom. The summed E-state index contributed by atoms with van der Waals surface area (Å²) in [6, 6.07) is 17.1. The van der Waals surface area contributed by atoms with Crippen molar-refractivity contribution in [3.8, 4) is 0 Å². The molecule has 126 valence electrons. The maximum atomic E-state index is 12.5. The number of carbonyl (C=O) groups is 1. The van der Waals surface area contributed by atoms with Crippen molar-refractivity contribution in [1.82, 2.24) is 9.97 Å². The number of carbonyl (C=O) groups excluding carboxylic acids is 1. The van der Waals surface area contributed by atoms with Crippen LogP contribution in [0, 0.1) is 20.8 Å². The topological polar surface area (TPSA) is 66.9 Å². The quantitative estimate of drug-likeness (QED) is 0.743. The summed E-state index contributed by atoms with van der Waals surface area (Å²) in [5.41, 5.74) is 4.94. The second-order valence-corrected chi connectivity index (χ2v) is 5.98. The van der Waals surface area contributed by atoms with Crippen LogP contribution in [0.15, 0.2) is 54.6 Å². The minimum absolute atomic E-state index is 0.263. The third-order valence-corrected chi connectivity index (χ3v) is 3.76. The monoisotopic (exact) mass is 332 g/mol. The first kappa shape index (κ1) is 16.6. The van der Waals surface area contributed by atoms with Crippen LogP contribution < -0.4 is 10.6 Å². The van der Waals surface area contributed by atoms with Crippen molar-refractivity contribution in [2.24, 2.45) is 0 Å². The lowest BCUT2D eigenvalue weighted by Crippen LogP contribution is -2.15. The van der Waals surface area contributed by atoms with Crippen LogP contribution in [0.5, 0.6) is 0 Å². The Balaban J connectivity index is 1.85. The smallest absolute Gasteiger partial charge is 0.274 e. The predicted molar refractivity (Wildman–Crippen MR) is 100 cm³/mol. The minimum atomic E-state index is -0.263. The van der Waals surface area contributed by atoms with Gasteiger partial charge in [0.2, 0.25) is 5.95 Å². The molecule has 3 aromatic rings. The third kappa shape index (κ3) is 4.20. The van der Waals surface area contributed by atoms with Crippen molar-refractivity contribution in [3.05, 3.63) is 77.1 Å². The number of aromatic nitrogens is 2. The molecule has 25 heavy (non-hydrogen) atoms. The van der Waals surface area contributed by atoms with Crippen molar-refractivity contribution in [1.29, 1.82) is 0 Å². The van der Waals surface area contributed by atoms with E-state index in [1.807, 2.05) is 63.2 Å². The summed E-state index contributed by atoms with van der Waals surface area (Å²) in [5, 5.41) is 6.05. The van der Waals surface area contributed by atoms with Gasteiger partial charge in [0.1, 0.15) is 5.69 Å². The zero-order valence-electron chi connectivity index (χ0n) is 14.5. The van der Waals surface area contributed by atoms with Gasteiger partial charge in [-0.2, -0.15) is 0 Å². The number of anilines is 3. The fraction of sp³-hybridized carbons (Fsp3) is 0.150. The Labute approximate surface area is 147 Å². The average molecular weight is 332 g/mol. The van der Waals surface area contributed by atoms with Crippen molar-refractivity contribution in [2.45, 2.75) is 20.8 Å². The Morgan fingerprint density at radius 1 is 0.920 bits per heavy atom. The van der Waals surface area contributed by atoms with Gasteiger partial charge in [-0.3, -0.25) is 4.79 Å². The number of nitrogens with one attached hydrogen (secondary N) is 2. The summed E-state index contributed by atoms with van der Waals surface area (Å²) in [5.74, 6) is 0.146. The largest absolute Gasteiger partial charge is 0.324 e. The second kappa shape index (κ2) is 7.13. The SMILES string of the molecule is Cc1ccc(C)c(Nc2nc(C)cc(C(=O)Nc3ccccc3)n2)c1. The molecule has 0 aliphatic heterocycles. The molecule has 0 spiro atoms. The predicted octanol–water partition coefficient (Wildman–Crippen LogP) is 4.40. The molecule has 1 amide bonds. The Morgan fingerprint density at radius 2 is 1.68 bits per heavy atom. The van der Waals surface area contributed by atoms with Gasteiger partial charge in [-0.15, -0.1) is 0 Å². The van der Waals surface area contributed by atoms with E-state index in [2.05, 4.69) is 26.7 Å². The molecule has 5 heteroatoms. The normalized spacial score (nSPS) is 10.4. The lowest BCUT2D eigenvalue weighted by atomic mass is 10.1. The Kier molecular flexibility index (Phi) is 4.75. The summed E-state index contributed by atoms with van der Waals surface area (Å²) in [6.45, 7) is 5.89. The van der Waals surface area contributed by atoms with E-state index in [0.717, 1.165) is 28.2 Å². The summed E-state index contributed by atoms with van der Waals surface area (Å²) in [6.07, 6.45) is 0. The van der Waals surface area contributed by atoms with Crippen LogP contribution in [-0.2, 0) is 0 Å². The molecule has 0 bridgehead atoms. The van der Waals surface area contributed by atoms with Gasteiger partial charge in [0.15, 0.2) is 0 Å². The molecule has 1 aromatic heterocycles. The number of amides is 1. The van der Waals surface area contributed by atoms with E-state index in [0.29, 0.717) is 11.6 Å². The van der Waals surface area contributed by atoms with E-state index in [1.54, 1.807) is 6.07 Å². The van der Waals surface area contributed by atoms with Gasteiger partial charge in [-0.25, -0.2) is 9.97 Å². The molecular formula is C20H20N4O. The standard InChI is InChI=1S/C20H20N4O/c1-13-9-10-14(2)17(11-13)23-20-21-15(3)12-18(24-20)19(25)22-16-7-5-4-6-8-16/h4-12H,1-3H3,(H,22,25)(H,21,23,24). The van der Waals surface area contributed by atoms with Crippen molar-refractivity contribution < 1.29 is 4.79 Å². The number of aryl methyl sites for hydroxylation is 3. The van der Waals surface area contributed by atoms with E-state index in [1.165, 1.54) is 0 Å². The van der Waals surface area contributed by atoms with Gasteiger partial charge in [-0.1, -0.05) is 30.3 Å². The van der Waals surface area contributed by atoms with E-state index in [-0.39, 0.29) is 5.91 Å². The fourth-order valence-corrected chi connectivity index (χ4v) is 2.45. The molecule has 2 aromatic carbocycles. The molecule has 0 saturated carbocycles. The summed E-state index contributed by atoms with van der Waals surface area (Å²) >= 11 is 0. The second-order valence-electron chi connectivity index (χ2n) is 5.98. The Hall–Kier alpha value is -3.21. The number of rotatable bonds is 4. The molecule has 0 atom stereocenters. The molecule has 5 nitrogen and oxygen atoms in total. The number of hydrogen-bond acceptors (Lipinski definition) is 4. The fourth-order valence-electron chi connectivity index (χ4n) is 2.45. The van der Waals surface area contributed by atoms with Crippen molar-refractivity contribution in [3.63, 3.8) is 0 Å². The van der Waals surface area contributed by atoms with Gasteiger partial charge >= 0.3 is 0 Å². The zero-order chi connectivity index (χ0) is 17.8. The van der Waals surface area contributed by atoms with Crippen LogP contribution >= 0.6 is 0 Å². The van der Waals surface area contributed by atoms with Crippen LogP contribution in [0.25, 0.3) is 0 Å². The highest BCUT2D eigenvalue weighted by Crippen LogP contribution is 2.20. The maximum absolute atomic E-state index is 12.5. The molecule has 0 saturated heterocycles. The molecule has 0 radical (unpaired) electrons. The van der Waals surface area contributed by atoms with E-state index >= 15 is 0 Å². The molecule has 0 unspecified atom stereocenters. The first-order valence-electron chi connectivity index (χ1n) is 8.07. The van der Waals surface area contributed by atoms with E-state index in [4.69, 9.17) is 0 Å². The lowest BCUT2D eigenvalue weighted by molar-refractivity contribution is 0.102. The highest BCUT2D eigenvalue weighted by Gasteiger charge is 2.12. The van der Waals surface area contributed by atoms with Crippen molar-refractivity contribution >= 4 is 23.2 Å². The number of benzene rings is 2. The molecule has 0 fully saturated rings. The number of para-hydroxylation sites is 1. The first-order chi connectivity index (χ1) is 12.0. The highest BCUT2D eigenvalue weighted by atomic mass is 16.1. The molecular weight excluding hydrogens is 312 g/mol. The molecule has 2 N–H and O–H groups in total. The number of hydrogen-bond donors (Lipinski definition) is 2. The van der Waals surface area contributed by atoms with Gasteiger partial charge in [-0.05, 0) is 56.2 Å². The minimum Gasteiger partial charge on any atom is -0.324 e. The lowest BCUT2D eigenvalue weighted by Gasteiger charge is -2.11. The third-order valence-electron chi connectivity index (χ3n) is 3.76. The maximum Gasteiger partial charge on any atom is 0.274 e. The van der Waals surface area contributed by atoms with Crippen LogP contribution in [0.2, 0.25) is 0 Å². The van der Waals surface area contributed by atoms with Crippen LogP contribution in [0.1, 0.15) is 27.3 Å². The van der Waals surface area contributed by atoms with E-state index < -0.39 is 0 Å².